The fraction of sp³-hybridized carbons (Fsp3) is 0.429. The summed E-state index contributed by atoms with van der Waals surface area (Å²) in [6.45, 7) is 1.67. The highest BCUT2D eigenvalue weighted by Gasteiger charge is 2.24. The molecule has 0 aliphatic carbocycles. The Kier molecular flexibility index (Phi) is 7.91. The smallest absolute Gasteiger partial charge is 0.161 e. The number of benzene rings is 2. The van der Waals surface area contributed by atoms with Crippen molar-refractivity contribution in [2.75, 3.05) is 27.4 Å². The third kappa shape index (κ3) is 5.35. The molecule has 2 atom stereocenters. The highest BCUT2D eigenvalue weighted by Crippen LogP contribution is 2.32. The van der Waals surface area contributed by atoms with Crippen LogP contribution in [0.15, 0.2) is 36.4 Å². The highest BCUT2D eigenvalue weighted by atomic mass is 16.5. The van der Waals surface area contributed by atoms with Crippen LogP contribution in [0, 0.1) is 6.92 Å². The zero-order valence-corrected chi connectivity index (χ0v) is 16.0. The molecule has 27 heavy (non-hydrogen) atoms. The maximum absolute atomic E-state index is 10.7. The number of aliphatic hydroxyl groups is 3. The minimum atomic E-state index is -1.04. The van der Waals surface area contributed by atoms with Crippen molar-refractivity contribution < 1.29 is 29.5 Å². The van der Waals surface area contributed by atoms with E-state index in [1.165, 1.54) is 7.11 Å². The Labute approximate surface area is 159 Å². The second-order valence-corrected chi connectivity index (χ2v) is 6.33. The van der Waals surface area contributed by atoms with Gasteiger partial charge in [0, 0.05) is 6.61 Å². The Bertz CT molecular complexity index is 731. The first kappa shape index (κ1) is 21.0. The van der Waals surface area contributed by atoms with Crippen LogP contribution >= 0.6 is 0 Å². The van der Waals surface area contributed by atoms with Crippen LogP contribution in [0.4, 0.5) is 0 Å². The molecule has 2 aromatic carbocycles. The van der Waals surface area contributed by atoms with Gasteiger partial charge in [-0.1, -0.05) is 18.2 Å². The zero-order chi connectivity index (χ0) is 19.8. The predicted molar refractivity (Wildman–Crippen MR) is 103 cm³/mol. The van der Waals surface area contributed by atoms with E-state index in [4.69, 9.17) is 19.3 Å². The molecule has 0 radical (unpaired) electrons. The summed E-state index contributed by atoms with van der Waals surface area (Å²) in [5.41, 5.74) is 2.56. The Morgan fingerprint density at radius 2 is 1.67 bits per heavy atom. The van der Waals surface area contributed by atoms with Crippen molar-refractivity contribution in [3.63, 3.8) is 0 Å². The fourth-order valence-electron chi connectivity index (χ4n) is 2.85. The molecule has 0 heterocycles. The topological polar surface area (TPSA) is 88.4 Å². The number of hydrogen-bond donors (Lipinski definition) is 3. The molecule has 0 bridgehead atoms. The molecular formula is C21H28O6. The lowest BCUT2D eigenvalue weighted by atomic mass is 10.0. The lowest BCUT2D eigenvalue weighted by Crippen LogP contribution is -2.29. The molecule has 0 aliphatic heterocycles. The van der Waals surface area contributed by atoms with Gasteiger partial charge in [0.1, 0.15) is 11.9 Å². The van der Waals surface area contributed by atoms with Crippen molar-refractivity contribution in [1.82, 2.24) is 0 Å². The minimum Gasteiger partial charge on any atom is -0.496 e. The Hall–Kier alpha value is -2.28. The number of aryl methyl sites for hydroxylation is 2. The van der Waals surface area contributed by atoms with Crippen LogP contribution in [-0.4, -0.2) is 48.9 Å². The average Bonchev–Trinajstić information content (AvgIpc) is 2.70. The molecule has 6 heteroatoms. The number of methoxy groups -OCH3 is 2. The van der Waals surface area contributed by atoms with Gasteiger partial charge >= 0.3 is 0 Å². The van der Waals surface area contributed by atoms with Crippen molar-refractivity contribution in [2.24, 2.45) is 0 Å². The molecule has 6 nitrogen and oxygen atoms in total. The molecule has 0 aliphatic rings. The van der Waals surface area contributed by atoms with Crippen molar-refractivity contribution in [1.29, 1.82) is 0 Å². The molecule has 2 aromatic rings. The molecule has 0 saturated heterocycles. The van der Waals surface area contributed by atoms with Gasteiger partial charge in [-0.25, -0.2) is 0 Å². The van der Waals surface area contributed by atoms with E-state index in [1.807, 2.05) is 25.1 Å². The second kappa shape index (κ2) is 10.2. The van der Waals surface area contributed by atoms with Gasteiger partial charge in [0.15, 0.2) is 17.6 Å². The van der Waals surface area contributed by atoms with Crippen LogP contribution in [0.2, 0.25) is 0 Å². The first-order chi connectivity index (χ1) is 13.0. The molecule has 2 unspecified atom stereocenters. The lowest BCUT2D eigenvalue weighted by molar-refractivity contribution is -0.000509. The third-order valence-corrected chi connectivity index (χ3v) is 4.44. The lowest BCUT2D eigenvalue weighted by Gasteiger charge is -2.24. The number of rotatable bonds is 10. The van der Waals surface area contributed by atoms with E-state index in [1.54, 1.807) is 25.3 Å². The summed E-state index contributed by atoms with van der Waals surface area (Å²) in [5.74, 6) is 1.61. The van der Waals surface area contributed by atoms with Crippen LogP contribution in [-0.2, 0) is 6.42 Å². The van der Waals surface area contributed by atoms with Gasteiger partial charge in [0.25, 0.3) is 0 Å². The van der Waals surface area contributed by atoms with Gasteiger partial charge in [0.05, 0.1) is 20.8 Å². The largest absolute Gasteiger partial charge is 0.496 e. The first-order valence-electron chi connectivity index (χ1n) is 8.92. The van der Waals surface area contributed by atoms with Crippen molar-refractivity contribution in [3.05, 3.63) is 53.1 Å². The molecule has 0 spiro atoms. The SMILES string of the molecule is COc1cc(C(O)C(CO)Oc2ccc(CCCO)cc2OC)ccc1C. The predicted octanol–water partition coefficient (Wildman–Crippen LogP) is 2.41. The zero-order valence-electron chi connectivity index (χ0n) is 16.0. The summed E-state index contributed by atoms with van der Waals surface area (Å²) in [5, 5.41) is 29.4. The summed E-state index contributed by atoms with van der Waals surface area (Å²) < 4.78 is 16.5. The fourth-order valence-corrected chi connectivity index (χ4v) is 2.85. The van der Waals surface area contributed by atoms with Gasteiger partial charge in [0.2, 0.25) is 0 Å². The summed E-state index contributed by atoms with van der Waals surface area (Å²) in [7, 11) is 3.11. The Morgan fingerprint density at radius 3 is 2.30 bits per heavy atom. The molecule has 148 valence electrons. The molecule has 3 N–H and O–H groups in total. The molecule has 0 saturated carbocycles. The van der Waals surface area contributed by atoms with Gasteiger partial charge in [-0.05, 0) is 54.7 Å². The van der Waals surface area contributed by atoms with Gasteiger partial charge in [-0.15, -0.1) is 0 Å². The van der Waals surface area contributed by atoms with E-state index in [0.29, 0.717) is 29.2 Å². The molecule has 0 fully saturated rings. The van der Waals surface area contributed by atoms with Crippen LogP contribution in [0.5, 0.6) is 17.2 Å². The Balaban J connectivity index is 2.20. The summed E-state index contributed by atoms with van der Waals surface area (Å²) in [6, 6.07) is 10.8. The normalized spacial score (nSPS) is 13.1. The summed E-state index contributed by atoms with van der Waals surface area (Å²) in [6.07, 6.45) is -0.517. The minimum absolute atomic E-state index is 0.124. The standard InChI is InChI=1S/C21H28O6/c1-14-6-8-16(12-18(14)25-2)21(24)20(13-23)27-17-9-7-15(5-4-10-22)11-19(17)26-3/h6-9,11-12,20-24H,4-5,10,13H2,1-3H3. The second-order valence-electron chi connectivity index (χ2n) is 6.33. The molecular weight excluding hydrogens is 348 g/mol. The van der Waals surface area contributed by atoms with Crippen LogP contribution in [0.3, 0.4) is 0 Å². The number of aliphatic hydroxyl groups excluding tert-OH is 3. The van der Waals surface area contributed by atoms with E-state index in [0.717, 1.165) is 17.5 Å². The van der Waals surface area contributed by atoms with E-state index < -0.39 is 12.2 Å². The van der Waals surface area contributed by atoms with E-state index in [9.17, 15) is 10.2 Å². The molecule has 2 rings (SSSR count). The van der Waals surface area contributed by atoms with Crippen molar-refractivity contribution >= 4 is 0 Å². The average molecular weight is 376 g/mol. The highest BCUT2D eigenvalue weighted by molar-refractivity contribution is 5.43. The monoisotopic (exact) mass is 376 g/mol. The molecule has 0 amide bonds. The summed E-state index contributed by atoms with van der Waals surface area (Å²) in [4.78, 5) is 0. The van der Waals surface area contributed by atoms with Gasteiger partial charge in [-0.2, -0.15) is 0 Å². The van der Waals surface area contributed by atoms with E-state index >= 15 is 0 Å². The van der Waals surface area contributed by atoms with Crippen molar-refractivity contribution in [2.45, 2.75) is 32.0 Å². The van der Waals surface area contributed by atoms with Crippen LogP contribution in [0.1, 0.15) is 29.2 Å². The first-order valence-corrected chi connectivity index (χ1v) is 8.92. The van der Waals surface area contributed by atoms with Crippen molar-refractivity contribution in [3.8, 4) is 17.2 Å². The maximum atomic E-state index is 10.7. The van der Waals surface area contributed by atoms with E-state index in [-0.39, 0.29) is 13.2 Å². The third-order valence-electron chi connectivity index (χ3n) is 4.44. The van der Waals surface area contributed by atoms with E-state index in [2.05, 4.69) is 0 Å². The quantitative estimate of drug-likeness (QED) is 0.590. The van der Waals surface area contributed by atoms with Gasteiger partial charge < -0.3 is 29.5 Å². The Morgan fingerprint density at radius 1 is 0.926 bits per heavy atom. The maximum Gasteiger partial charge on any atom is 0.161 e. The van der Waals surface area contributed by atoms with Crippen LogP contribution < -0.4 is 14.2 Å². The van der Waals surface area contributed by atoms with Gasteiger partial charge in [-0.3, -0.25) is 0 Å². The number of hydrogen-bond acceptors (Lipinski definition) is 6. The molecule has 0 aromatic heterocycles. The summed E-state index contributed by atoms with van der Waals surface area (Å²) >= 11 is 0. The van der Waals surface area contributed by atoms with Crippen LogP contribution in [0.25, 0.3) is 0 Å². The number of ether oxygens (including phenoxy) is 3.